The molecule has 2 N–H and O–H groups in total. The summed E-state index contributed by atoms with van der Waals surface area (Å²) in [7, 11) is 0. The first kappa shape index (κ1) is 18.5. The number of carbonyl (C=O) groups excluding carboxylic acids is 1. The number of carbonyl (C=O) groups is 1. The predicted molar refractivity (Wildman–Crippen MR) is 99.2 cm³/mol. The van der Waals surface area contributed by atoms with Gasteiger partial charge in [0.05, 0.1) is 6.21 Å². The molecule has 2 aromatic carbocycles. The van der Waals surface area contributed by atoms with Crippen molar-refractivity contribution in [1.29, 1.82) is 0 Å². The smallest absolute Gasteiger partial charge is 0.277 e. The van der Waals surface area contributed by atoms with Crippen LogP contribution in [0.4, 0.5) is 0 Å². The summed E-state index contributed by atoms with van der Waals surface area (Å²) in [5.74, 6) is 0.900. The summed E-state index contributed by atoms with van der Waals surface area (Å²) in [5.41, 5.74) is 5.11. The van der Waals surface area contributed by atoms with Crippen LogP contribution < -0.4 is 10.2 Å². The molecule has 25 heavy (non-hydrogen) atoms. The normalized spacial score (nSPS) is 12.1. The lowest BCUT2D eigenvalue weighted by Gasteiger charge is -2.10. The number of hydrogen-bond acceptors (Lipinski definition) is 4. The number of aromatic hydroxyl groups is 1. The largest absolute Gasteiger partial charge is 0.507 e. The van der Waals surface area contributed by atoms with Gasteiger partial charge >= 0.3 is 0 Å². The first-order chi connectivity index (χ1) is 12.0. The highest BCUT2D eigenvalue weighted by Crippen LogP contribution is 2.21. The summed E-state index contributed by atoms with van der Waals surface area (Å²) < 4.78 is 5.44. The van der Waals surface area contributed by atoms with E-state index in [0.717, 1.165) is 12.0 Å². The van der Waals surface area contributed by atoms with Crippen LogP contribution in [-0.2, 0) is 4.79 Å². The van der Waals surface area contributed by atoms with Crippen molar-refractivity contribution < 1.29 is 14.6 Å². The minimum Gasteiger partial charge on any atom is -0.507 e. The maximum absolute atomic E-state index is 11.8. The monoisotopic (exact) mass is 340 g/mol. The highest BCUT2D eigenvalue weighted by atomic mass is 16.5. The van der Waals surface area contributed by atoms with Crippen LogP contribution in [0.1, 0.15) is 42.9 Å². The number of hydrogen-bond donors (Lipinski definition) is 2. The average Bonchev–Trinajstić information content (AvgIpc) is 2.61. The molecule has 2 rings (SSSR count). The number of benzene rings is 2. The summed E-state index contributed by atoms with van der Waals surface area (Å²) in [6.45, 7) is 6.08. The maximum atomic E-state index is 11.8. The van der Waals surface area contributed by atoms with Crippen molar-refractivity contribution in [2.75, 3.05) is 6.61 Å². The average molecular weight is 340 g/mol. The molecule has 0 fully saturated rings. The first-order valence-corrected chi connectivity index (χ1v) is 8.34. The second kappa shape index (κ2) is 8.87. The molecule has 2 aromatic rings. The van der Waals surface area contributed by atoms with E-state index in [4.69, 9.17) is 4.74 Å². The quantitative estimate of drug-likeness (QED) is 0.596. The van der Waals surface area contributed by atoms with Gasteiger partial charge in [-0.3, -0.25) is 4.79 Å². The number of phenolic OH excluding ortho intramolecular Hbond substituents is 1. The molecule has 5 nitrogen and oxygen atoms in total. The second-order valence-corrected chi connectivity index (χ2v) is 6.02. The molecule has 1 unspecified atom stereocenters. The van der Waals surface area contributed by atoms with E-state index in [-0.39, 0.29) is 18.3 Å². The Morgan fingerprint density at radius 1 is 1.28 bits per heavy atom. The summed E-state index contributed by atoms with van der Waals surface area (Å²) >= 11 is 0. The molecule has 0 saturated heterocycles. The van der Waals surface area contributed by atoms with Gasteiger partial charge in [-0.2, -0.15) is 5.10 Å². The number of hydrazone groups is 1. The van der Waals surface area contributed by atoms with Crippen LogP contribution in [0.15, 0.2) is 47.6 Å². The van der Waals surface area contributed by atoms with Gasteiger partial charge in [-0.25, -0.2) is 5.43 Å². The molecule has 5 heteroatoms. The number of amides is 1. The van der Waals surface area contributed by atoms with Crippen LogP contribution in [0.25, 0.3) is 0 Å². The number of aryl methyl sites for hydroxylation is 1. The molecule has 0 radical (unpaired) electrons. The Bertz CT molecular complexity index is 739. The molecule has 132 valence electrons. The van der Waals surface area contributed by atoms with Crippen LogP contribution >= 0.6 is 0 Å². The van der Waals surface area contributed by atoms with E-state index in [1.807, 2.05) is 37.3 Å². The van der Waals surface area contributed by atoms with Crippen molar-refractivity contribution in [2.45, 2.75) is 33.1 Å². The van der Waals surface area contributed by atoms with E-state index >= 15 is 0 Å². The van der Waals surface area contributed by atoms with E-state index in [1.54, 1.807) is 12.1 Å². The fraction of sp³-hybridized carbons (Fsp3) is 0.300. The SMILES string of the molecule is CCC(C)c1ccc(OCC(=O)N/N=C\c2ccc(C)cc2O)cc1. The van der Waals surface area contributed by atoms with Crippen molar-refractivity contribution >= 4 is 12.1 Å². The standard InChI is InChI=1S/C20H24N2O3/c1-4-15(3)16-7-9-18(10-8-16)25-13-20(24)22-21-12-17-6-5-14(2)11-19(17)23/h5-12,15,23H,4,13H2,1-3H3,(H,22,24)/b21-12-. The molecule has 0 aliphatic rings. The lowest BCUT2D eigenvalue weighted by atomic mass is 9.99. The molecular weight excluding hydrogens is 316 g/mol. The number of nitrogens with one attached hydrogen (secondary N) is 1. The molecule has 0 aliphatic carbocycles. The van der Waals surface area contributed by atoms with Gasteiger partial charge in [0.2, 0.25) is 0 Å². The van der Waals surface area contributed by atoms with E-state index < -0.39 is 0 Å². The van der Waals surface area contributed by atoms with Crippen LogP contribution in [0, 0.1) is 6.92 Å². The molecule has 0 aromatic heterocycles. The van der Waals surface area contributed by atoms with Crippen LogP contribution in [0.5, 0.6) is 11.5 Å². The molecule has 0 aliphatic heterocycles. The summed E-state index contributed by atoms with van der Waals surface area (Å²) in [6.07, 6.45) is 2.48. The van der Waals surface area contributed by atoms with Gasteiger partial charge in [-0.05, 0) is 54.7 Å². The topological polar surface area (TPSA) is 70.9 Å². The Hall–Kier alpha value is -2.82. The van der Waals surface area contributed by atoms with E-state index in [2.05, 4.69) is 24.4 Å². The predicted octanol–water partition coefficient (Wildman–Crippen LogP) is 3.74. The zero-order valence-electron chi connectivity index (χ0n) is 14.8. The highest BCUT2D eigenvalue weighted by Gasteiger charge is 2.05. The summed E-state index contributed by atoms with van der Waals surface area (Å²) in [6, 6.07) is 13.0. The number of rotatable bonds is 7. The van der Waals surface area contributed by atoms with Crippen molar-refractivity contribution in [3.8, 4) is 11.5 Å². The third-order valence-corrected chi connectivity index (χ3v) is 4.01. The van der Waals surface area contributed by atoms with Crippen molar-refractivity contribution in [3.05, 3.63) is 59.2 Å². The minimum atomic E-state index is -0.367. The molecule has 0 heterocycles. The molecule has 0 saturated carbocycles. The van der Waals surface area contributed by atoms with E-state index in [9.17, 15) is 9.90 Å². The van der Waals surface area contributed by atoms with Gasteiger partial charge in [0.25, 0.3) is 5.91 Å². The fourth-order valence-corrected chi connectivity index (χ4v) is 2.25. The Balaban J connectivity index is 1.81. The van der Waals surface area contributed by atoms with Crippen molar-refractivity contribution in [3.63, 3.8) is 0 Å². The number of ether oxygens (including phenoxy) is 1. The van der Waals surface area contributed by atoms with E-state index in [1.165, 1.54) is 11.8 Å². The van der Waals surface area contributed by atoms with Crippen LogP contribution in [0.2, 0.25) is 0 Å². The second-order valence-electron chi connectivity index (χ2n) is 6.02. The van der Waals surface area contributed by atoms with Gasteiger partial charge in [-0.1, -0.05) is 32.0 Å². The lowest BCUT2D eigenvalue weighted by molar-refractivity contribution is -0.123. The number of phenols is 1. The Morgan fingerprint density at radius 2 is 2.00 bits per heavy atom. The van der Waals surface area contributed by atoms with Gasteiger partial charge in [0.15, 0.2) is 6.61 Å². The Morgan fingerprint density at radius 3 is 2.64 bits per heavy atom. The zero-order valence-corrected chi connectivity index (χ0v) is 14.8. The van der Waals surface area contributed by atoms with Gasteiger partial charge < -0.3 is 9.84 Å². The third-order valence-electron chi connectivity index (χ3n) is 4.01. The Labute approximate surface area is 148 Å². The minimum absolute atomic E-state index is 0.121. The van der Waals surface area contributed by atoms with Crippen molar-refractivity contribution in [2.24, 2.45) is 5.10 Å². The maximum Gasteiger partial charge on any atom is 0.277 e. The van der Waals surface area contributed by atoms with Gasteiger partial charge in [-0.15, -0.1) is 0 Å². The van der Waals surface area contributed by atoms with Gasteiger partial charge in [0, 0.05) is 5.56 Å². The van der Waals surface area contributed by atoms with Gasteiger partial charge in [0.1, 0.15) is 11.5 Å². The highest BCUT2D eigenvalue weighted by molar-refractivity contribution is 5.85. The lowest BCUT2D eigenvalue weighted by Crippen LogP contribution is -2.24. The van der Waals surface area contributed by atoms with Crippen molar-refractivity contribution in [1.82, 2.24) is 5.43 Å². The van der Waals surface area contributed by atoms with Crippen LogP contribution in [-0.4, -0.2) is 23.8 Å². The summed E-state index contributed by atoms with van der Waals surface area (Å²) in [5, 5.41) is 13.6. The Kier molecular flexibility index (Phi) is 6.57. The molecule has 1 atom stereocenters. The summed E-state index contributed by atoms with van der Waals surface area (Å²) in [4.78, 5) is 11.8. The molecule has 0 spiro atoms. The van der Waals surface area contributed by atoms with E-state index in [0.29, 0.717) is 17.2 Å². The number of nitrogens with zero attached hydrogens (tertiary/aromatic N) is 1. The molecule has 0 bridgehead atoms. The first-order valence-electron chi connectivity index (χ1n) is 8.34. The third kappa shape index (κ3) is 5.64. The van der Waals surface area contributed by atoms with Crippen LogP contribution in [0.3, 0.4) is 0 Å². The fourth-order valence-electron chi connectivity index (χ4n) is 2.25. The molecule has 1 amide bonds. The zero-order chi connectivity index (χ0) is 18.2. The molecular formula is C20H24N2O3.